The summed E-state index contributed by atoms with van der Waals surface area (Å²) in [5.41, 5.74) is 2.09. The Morgan fingerprint density at radius 2 is 1.92 bits per heavy atom. The first-order valence-corrected chi connectivity index (χ1v) is 10.0. The van der Waals surface area contributed by atoms with Crippen molar-refractivity contribution in [1.82, 2.24) is 9.88 Å². The molecule has 26 heavy (non-hydrogen) atoms. The minimum atomic E-state index is -0.0348. The summed E-state index contributed by atoms with van der Waals surface area (Å²) in [5, 5.41) is 0.748. The van der Waals surface area contributed by atoms with E-state index in [4.69, 9.17) is 16.6 Å². The van der Waals surface area contributed by atoms with Gasteiger partial charge in [-0.2, -0.15) is 0 Å². The van der Waals surface area contributed by atoms with Crippen molar-refractivity contribution < 1.29 is 4.79 Å². The Balaban J connectivity index is 0.00000243. The molecule has 0 aliphatic heterocycles. The summed E-state index contributed by atoms with van der Waals surface area (Å²) in [6.45, 7) is 3.59. The molecule has 0 aliphatic carbocycles. The molecule has 2 aromatic heterocycles. The molecular formula is C18H21Cl2N3OS2. The number of hydrogen-bond donors (Lipinski definition) is 0. The predicted octanol–water partition coefficient (Wildman–Crippen LogP) is 5.34. The largest absolute Gasteiger partial charge is 0.309 e. The van der Waals surface area contributed by atoms with Crippen LogP contribution in [0.3, 0.4) is 0 Å². The van der Waals surface area contributed by atoms with Crippen molar-refractivity contribution in [2.24, 2.45) is 0 Å². The third kappa shape index (κ3) is 4.75. The number of amides is 1. The van der Waals surface area contributed by atoms with Crippen LogP contribution in [-0.4, -0.2) is 43.0 Å². The van der Waals surface area contributed by atoms with Crippen molar-refractivity contribution in [2.75, 3.05) is 32.1 Å². The second-order valence-corrected chi connectivity index (χ2v) is 8.86. The number of anilines is 1. The molecule has 2 heterocycles. The van der Waals surface area contributed by atoms with E-state index in [1.54, 1.807) is 28.4 Å². The fraction of sp³-hybridized carbons (Fsp3) is 0.333. The smallest absolute Gasteiger partial charge is 0.270 e. The number of thiophene rings is 1. The summed E-state index contributed by atoms with van der Waals surface area (Å²) in [4.78, 5) is 22.3. The molecule has 0 saturated heterocycles. The van der Waals surface area contributed by atoms with Crippen LogP contribution in [0.25, 0.3) is 10.2 Å². The quantitative estimate of drug-likeness (QED) is 0.530. The first-order valence-electron chi connectivity index (χ1n) is 8.04. The number of fused-ring (bicyclic) bond motifs is 1. The average molecular weight is 430 g/mol. The topological polar surface area (TPSA) is 36.4 Å². The minimum Gasteiger partial charge on any atom is -0.309 e. The molecular weight excluding hydrogens is 409 g/mol. The number of hydrogen-bond acceptors (Lipinski definition) is 5. The first-order chi connectivity index (χ1) is 12.0. The van der Waals surface area contributed by atoms with Gasteiger partial charge in [-0.3, -0.25) is 9.69 Å². The summed E-state index contributed by atoms with van der Waals surface area (Å²) < 4.78 is 1.72. The molecule has 0 saturated carbocycles. The number of halogens is 2. The van der Waals surface area contributed by atoms with E-state index in [1.165, 1.54) is 11.3 Å². The lowest BCUT2D eigenvalue weighted by Gasteiger charge is -2.20. The molecule has 0 N–H and O–H groups in total. The second kappa shape index (κ2) is 9.15. The van der Waals surface area contributed by atoms with Gasteiger partial charge in [0.1, 0.15) is 0 Å². The van der Waals surface area contributed by atoms with Gasteiger partial charge in [-0.15, -0.1) is 23.7 Å². The second-order valence-electron chi connectivity index (χ2n) is 6.14. The van der Waals surface area contributed by atoms with Crippen molar-refractivity contribution in [2.45, 2.75) is 13.3 Å². The number of benzene rings is 1. The van der Waals surface area contributed by atoms with Crippen molar-refractivity contribution in [3.63, 3.8) is 0 Å². The monoisotopic (exact) mass is 429 g/mol. The molecule has 3 aromatic rings. The number of aryl methyl sites for hydroxylation is 1. The van der Waals surface area contributed by atoms with Crippen LogP contribution in [0.1, 0.15) is 21.7 Å². The van der Waals surface area contributed by atoms with E-state index in [9.17, 15) is 4.79 Å². The van der Waals surface area contributed by atoms with Gasteiger partial charge in [0.2, 0.25) is 0 Å². The van der Waals surface area contributed by atoms with Gasteiger partial charge in [0, 0.05) is 6.54 Å². The number of carbonyl (C=O) groups is 1. The van der Waals surface area contributed by atoms with Crippen LogP contribution >= 0.6 is 46.7 Å². The first kappa shape index (κ1) is 21.1. The summed E-state index contributed by atoms with van der Waals surface area (Å²) in [5.74, 6) is -0.0348. The number of carbonyl (C=O) groups excluding carboxylic acids is 1. The highest BCUT2D eigenvalue weighted by Crippen LogP contribution is 2.32. The van der Waals surface area contributed by atoms with Crippen LogP contribution < -0.4 is 4.90 Å². The maximum Gasteiger partial charge on any atom is 0.270 e. The molecule has 0 radical (unpaired) electrons. The van der Waals surface area contributed by atoms with E-state index < -0.39 is 0 Å². The zero-order valence-corrected chi connectivity index (χ0v) is 18.1. The average Bonchev–Trinajstić information content (AvgIpc) is 3.18. The van der Waals surface area contributed by atoms with Crippen LogP contribution in [0.5, 0.6) is 0 Å². The molecule has 0 fully saturated rings. The fourth-order valence-electron chi connectivity index (χ4n) is 2.58. The predicted molar refractivity (Wildman–Crippen MR) is 116 cm³/mol. The molecule has 0 spiro atoms. The fourth-order valence-corrected chi connectivity index (χ4v) is 4.64. The van der Waals surface area contributed by atoms with Crippen molar-refractivity contribution in [1.29, 1.82) is 0 Å². The van der Waals surface area contributed by atoms with E-state index in [-0.39, 0.29) is 18.3 Å². The van der Waals surface area contributed by atoms with Gasteiger partial charge in [0.05, 0.1) is 19.4 Å². The molecule has 0 unspecified atom stereocenters. The lowest BCUT2D eigenvalue weighted by molar-refractivity contribution is 0.0990. The molecule has 3 rings (SSSR count). The summed E-state index contributed by atoms with van der Waals surface area (Å²) >= 11 is 8.88. The highest BCUT2D eigenvalue weighted by molar-refractivity contribution is 7.22. The summed E-state index contributed by atoms with van der Waals surface area (Å²) in [7, 11) is 4.07. The van der Waals surface area contributed by atoms with Gasteiger partial charge in [0.25, 0.3) is 5.91 Å². The maximum atomic E-state index is 13.0. The molecule has 0 aliphatic rings. The van der Waals surface area contributed by atoms with Crippen molar-refractivity contribution >= 4 is 67.9 Å². The third-order valence-electron chi connectivity index (χ3n) is 3.86. The third-order valence-corrected chi connectivity index (χ3v) is 6.12. The van der Waals surface area contributed by atoms with Gasteiger partial charge in [0.15, 0.2) is 5.13 Å². The minimum absolute atomic E-state index is 0. The van der Waals surface area contributed by atoms with E-state index >= 15 is 0 Å². The zero-order valence-electron chi connectivity index (χ0n) is 14.9. The Hall–Kier alpha value is -1.18. The molecule has 0 atom stereocenters. The highest BCUT2D eigenvalue weighted by atomic mass is 35.5. The lowest BCUT2D eigenvalue weighted by atomic mass is 10.2. The van der Waals surface area contributed by atoms with E-state index in [1.807, 2.05) is 39.2 Å². The number of thiazole rings is 1. The van der Waals surface area contributed by atoms with Crippen LogP contribution in [0.15, 0.2) is 30.3 Å². The number of aromatic nitrogens is 1. The highest BCUT2D eigenvalue weighted by Gasteiger charge is 2.22. The standard InChI is InChI=1S/C18H20ClN3OS2.ClH/c1-12-6-4-7-13-16(12)20-18(25-13)22(11-5-10-21(2)3)17(23)14-8-9-15(19)24-14;/h4,6-9H,5,10-11H2,1-3H3;1H. The van der Waals surface area contributed by atoms with Gasteiger partial charge in [-0.25, -0.2) is 4.98 Å². The Bertz CT molecular complexity index is 892. The number of rotatable bonds is 6. The number of nitrogens with zero attached hydrogens (tertiary/aromatic N) is 3. The summed E-state index contributed by atoms with van der Waals surface area (Å²) in [6.07, 6.45) is 0.882. The van der Waals surface area contributed by atoms with E-state index in [2.05, 4.69) is 4.90 Å². The van der Waals surface area contributed by atoms with Crippen molar-refractivity contribution in [3.05, 3.63) is 45.1 Å². The molecule has 140 valence electrons. The normalized spacial score (nSPS) is 11.0. The Morgan fingerprint density at radius 3 is 2.54 bits per heavy atom. The molecule has 1 aromatic carbocycles. The van der Waals surface area contributed by atoms with Crippen LogP contribution in [0.2, 0.25) is 4.34 Å². The van der Waals surface area contributed by atoms with Gasteiger partial charge < -0.3 is 4.90 Å². The Kier molecular flexibility index (Phi) is 7.43. The lowest BCUT2D eigenvalue weighted by Crippen LogP contribution is -2.32. The molecule has 4 nitrogen and oxygen atoms in total. The SMILES string of the molecule is Cc1cccc2sc(N(CCCN(C)C)C(=O)c3ccc(Cl)s3)nc12.Cl. The van der Waals surface area contributed by atoms with Crippen molar-refractivity contribution in [3.8, 4) is 0 Å². The van der Waals surface area contributed by atoms with Crippen LogP contribution in [-0.2, 0) is 0 Å². The van der Waals surface area contributed by atoms with Crippen LogP contribution in [0, 0.1) is 6.92 Å². The van der Waals surface area contributed by atoms with Gasteiger partial charge in [-0.1, -0.05) is 35.1 Å². The van der Waals surface area contributed by atoms with Gasteiger partial charge >= 0.3 is 0 Å². The van der Waals surface area contributed by atoms with Crippen LogP contribution in [0.4, 0.5) is 5.13 Å². The van der Waals surface area contributed by atoms with E-state index in [0.717, 1.165) is 33.9 Å². The number of para-hydroxylation sites is 1. The maximum absolute atomic E-state index is 13.0. The Labute approximate surface area is 172 Å². The van der Waals surface area contributed by atoms with E-state index in [0.29, 0.717) is 15.8 Å². The summed E-state index contributed by atoms with van der Waals surface area (Å²) in [6, 6.07) is 9.67. The molecule has 0 bridgehead atoms. The zero-order chi connectivity index (χ0) is 18.0. The Morgan fingerprint density at radius 1 is 1.15 bits per heavy atom. The molecule has 8 heteroatoms. The molecule has 1 amide bonds. The van der Waals surface area contributed by atoms with Gasteiger partial charge in [-0.05, 0) is 57.7 Å².